The number of piperidine rings is 1. The average molecular weight is 278 g/mol. The summed E-state index contributed by atoms with van der Waals surface area (Å²) in [5, 5.41) is 25.1. The third-order valence-electron chi connectivity index (χ3n) is 4.02. The summed E-state index contributed by atoms with van der Waals surface area (Å²) in [5.74, 6) is -0.599. The summed E-state index contributed by atoms with van der Waals surface area (Å²) < 4.78 is 0. The number of rotatable bonds is 3. The summed E-state index contributed by atoms with van der Waals surface area (Å²) >= 11 is 0. The van der Waals surface area contributed by atoms with E-state index in [0.29, 0.717) is 6.54 Å². The van der Waals surface area contributed by atoms with Gasteiger partial charge in [0.2, 0.25) is 0 Å². The Labute approximate surface area is 119 Å². The van der Waals surface area contributed by atoms with Gasteiger partial charge in [-0.2, -0.15) is 0 Å². The van der Waals surface area contributed by atoms with Crippen molar-refractivity contribution in [2.45, 2.75) is 32.7 Å². The number of hydrogen-bond donors (Lipinski definition) is 4. The van der Waals surface area contributed by atoms with Crippen LogP contribution in [-0.4, -0.2) is 35.3 Å². The molecule has 1 aromatic carbocycles. The minimum Gasteiger partial charge on any atom is -0.508 e. The van der Waals surface area contributed by atoms with Crippen molar-refractivity contribution in [3.63, 3.8) is 0 Å². The van der Waals surface area contributed by atoms with Gasteiger partial charge in [0.25, 0.3) is 5.91 Å². The molecule has 1 unspecified atom stereocenters. The highest BCUT2D eigenvalue weighted by atomic mass is 16.3. The molecule has 0 aromatic heterocycles. The lowest BCUT2D eigenvalue weighted by molar-refractivity contribution is 0.0926. The number of carbonyl (C=O) groups excluding carboxylic acids is 1. The summed E-state index contributed by atoms with van der Waals surface area (Å²) in [7, 11) is 0. The Morgan fingerprint density at radius 3 is 2.85 bits per heavy atom. The first-order chi connectivity index (χ1) is 9.40. The fourth-order valence-corrected chi connectivity index (χ4v) is 2.62. The Balaban J connectivity index is 1.98. The van der Waals surface area contributed by atoms with Gasteiger partial charge in [-0.3, -0.25) is 4.79 Å². The third kappa shape index (κ3) is 3.22. The molecule has 1 fully saturated rings. The minimum absolute atomic E-state index is 0.0610. The summed E-state index contributed by atoms with van der Waals surface area (Å²) in [6, 6.07) is 4.19. The second-order valence-electron chi connectivity index (χ2n) is 6.01. The molecule has 4 N–H and O–H groups in total. The van der Waals surface area contributed by atoms with Crippen LogP contribution >= 0.6 is 0 Å². The molecule has 5 heteroatoms. The first-order valence-electron chi connectivity index (χ1n) is 6.94. The van der Waals surface area contributed by atoms with Gasteiger partial charge < -0.3 is 20.8 Å². The van der Waals surface area contributed by atoms with Gasteiger partial charge in [-0.25, -0.2) is 0 Å². The number of amides is 1. The van der Waals surface area contributed by atoms with E-state index in [0.717, 1.165) is 25.5 Å². The van der Waals surface area contributed by atoms with Crippen molar-refractivity contribution in [1.82, 2.24) is 10.6 Å². The molecular weight excluding hydrogens is 256 g/mol. The van der Waals surface area contributed by atoms with Crippen molar-refractivity contribution in [2.75, 3.05) is 13.1 Å². The van der Waals surface area contributed by atoms with Crippen LogP contribution in [0.5, 0.6) is 11.5 Å². The van der Waals surface area contributed by atoms with Crippen molar-refractivity contribution in [1.29, 1.82) is 0 Å². The Hall–Kier alpha value is -1.75. The van der Waals surface area contributed by atoms with E-state index in [1.807, 2.05) is 0 Å². The molecule has 0 bridgehead atoms. The van der Waals surface area contributed by atoms with E-state index in [-0.39, 0.29) is 34.4 Å². The van der Waals surface area contributed by atoms with Crippen LogP contribution in [0.25, 0.3) is 0 Å². The number of phenolic OH excluding ortho intramolecular Hbond substituents is 2. The average Bonchev–Trinajstić information content (AvgIpc) is 2.36. The van der Waals surface area contributed by atoms with Gasteiger partial charge in [-0.15, -0.1) is 0 Å². The summed E-state index contributed by atoms with van der Waals surface area (Å²) in [6.45, 7) is 5.86. The fraction of sp³-hybridized carbons (Fsp3) is 0.533. The number of benzene rings is 1. The van der Waals surface area contributed by atoms with Crippen LogP contribution in [0.4, 0.5) is 0 Å². The normalized spacial score (nSPS) is 21.4. The van der Waals surface area contributed by atoms with Gasteiger partial charge in [0.05, 0.1) is 5.56 Å². The molecular formula is C15H22N2O3. The van der Waals surface area contributed by atoms with E-state index >= 15 is 0 Å². The molecule has 0 radical (unpaired) electrons. The van der Waals surface area contributed by atoms with Crippen LogP contribution in [0.3, 0.4) is 0 Å². The molecule has 5 nitrogen and oxygen atoms in total. The standard InChI is InChI=1S/C15H22N2O3/c1-15(2)6-3-7-16-13(15)9-17-14(20)11-5-4-10(18)8-12(11)19/h4-5,8,13,16,18-19H,3,6-7,9H2,1-2H3,(H,17,20). The van der Waals surface area contributed by atoms with Gasteiger partial charge in [0.1, 0.15) is 11.5 Å². The highest BCUT2D eigenvalue weighted by molar-refractivity contribution is 5.97. The van der Waals surface area contributed by atoms with E-state index in [2.05, 4.69) is 24.5 Å². The lowest BCUT2D eigenvalue weighted by Gasteiger charge is -2.39. The number of phenols is 2. The Kier molecular flexibility index (Phi) is 4.18. The zero-order valence-corrected chi connectivity index (χ0v) is 11.9. The zero-order valence-electron chi connectivity index (χ0n) is 11.9. The topological polar surface area (TPSA) is 81.6 Å². The first-order valence-corrected chi connectivity index (χ1v) is 6.94. The van der Waals surface area contributed by atoms with Gasteiger partial charge in [0.15, 0.2) is 0 Å². The molecule has 1 heterocycles. The second-order valence-corrected chi connectivity index (χ2v) is 6.01. The monoisotopic (exact) mass is 278 g/mol. The number of carbonyl (C=O) groups is 1. The van der Waals surface area contributed by atoms with Crippen LogP contribution in [0.15, 0.2) is 18.2 Å². The molecule has 1 aliphatic heterocycles. The third-order valence-corrected chi connectivity index (χ3v) is 4.02. The van der Waals surface area contributed by atoms with Gasteiger partial charge in [-0.05, 0) is 36.9 Å². The first kappa shape index (κ1) is 14.7. The van der Waals surface area contributed by atoms with Crippen LogP contribution in [-0.2, 0) is 0 Å². The van der Waals surface area contributed by atoms with Crippen molar-refractivity contribution in [2.24, 2.45) is 5.41 Å². The smallest absolute Gasteiger partial charge is 0.255 e. The molecule has 0 aliphatic carbocycles. The molecule has 1 atom stereocenters. The predicted octanol–water partition coefficient (Wildman–Crippen LogP) is 1.61. The van der Waals surface area contributed by atoms with Crippen molar-refractivity contribution in [3.8, 4) is 11.5 Å². The van der Waals surface area contributed by atoms with Crippen LogP contribution in [0, 0.1) is 5.41 Å². The van der Waals surface area contributed by atoms with E-state index in [1.54, 1.807) is 0 Å². The maximum absolute atomic E-state index is 12.0. The van der Waals surface area contributed by atoms with E-state index in [4.69, 9.17) is 0 Å². The quantitative estimate of drug-likeness (QED) is 0.677. The molecule has 1 aromatic rings. The second kappa shape index (κ2) is 5.71. The lowest BCUT2D eigenvalue weighted by Crippen LogP contribution is -2.52. The molecule has 0 spiro atoms. The largest absolute Gasteiger partial charge is 0.508 e. The summed E-state index contributed by atoms with van der Waals surface area (Å²) in [5.41, 5.74) is 0.319. The van der Waals surface area contributed by atoms with E-state index in [9.17, 15) is 15.0 Å². The van der Waals surface area contributed by atoms with Gasteiger partial charge >= 0.3 is 0 Å². The molecule has 2 rings (SSSR count). The van der Waals surface area contributed by atoms with Gasteiger partial charge in [0, 0.05) is 18.7 Å². The summed E-state index contributed by atoms with van der Waals surface area (Å²) in [6.07, 6.45) is 2.28. The van der Waals surface area contributed by atoms with Crippen molar-refractivity contribution < 1.29 is 15.0 Å². The Morgan fingerprint density at radius 1 is 1.45 bits per heavy atom. The van der Waals surface area contributed by atoms with Crippen LogP contribution < -0.4 is 10.6 Å². The Bertz CT molecular complexity index is 500. The molecule has 1 saturated heterocycles. The Morgan fingerprint density at radius 2 is 2.20 bits per heavy atom. The number of nitrogens with one attached hydrogen (secondary N) is 2. The molecule has 1 amide bonds. The molecule has 110 valence electrons. The highest BCUT2D eigenvalue weighted by Crippen LogP contribution is 2.29. The summed E-state index contributed by atoms with van der Waals surface area (Å²) in [4.78, 5) is 12.0. The SMILES string of the molecule is CC1(C)CCCNC1CNC(=O)c1ccc(O)cc1O. The lowest BCUT2D eigenvalue weighted by atomic mass is 9.77. The predicted molar refractivity (Wildman–Crippen MR) is 76.9 cm³/mol. The minimum atomic E-state index is -0.328. The molecule has 1 aliphatic rings. The highest BCUT2D eigenvalue weighted by Gasteiger charge is 2.32. The number of hydrogen-bond acceptors (Lipinski definition) is 4. The molecule has 0 saturated carbocycles. The van der Waals surface area contributed by atoms with Gasteiger partial charge in [-0.1, -0.05) is 13.8 Å². The zero-order chi connectivity index (χ0) is 14.8. The van der Waals surface area contributed by atoms with E-state index < -0.39 is 0 Å². The fourth-order valence-electron chi connectivity index (χ4n) is 2.62. The van der Waals surface area contributed by atoms with Crippen molar-refractivity contribution >= 4 is 5.91 Å². The van der Waals surface area contributed by atoms with Crippen molar-refractivity contribution in [3.05, 3.63) is 23.8 Å². The van der Waals surface area contributed by atoms with E-state index in [1.165, 1.54) is 12.1 Å². The maximum atomic E-state index is 12.0. The van der Waals surface area contributed by atoms with Crippen LogP contribution in [0.2, 0.25) is 0 Å². The maximum Gasteiger partial charge on any atom is 0.255 e. The molecule has 20 heavy (non-hydrogen) atoms. The number of aromatic hydroxyl groups is 2. The van der Waals surface area contributed by atoms with Crippen LogP contribution in [0.1, 0.15) is 37.0 Å².